The Kier molecular flexibility index (Phi) is 4.38. The van der Waals surface area contributed by atoms with Crippen LogP contribution in [0.1, 0.15) is 39.2 Å². The van der Waals surface area contributed by atoms with Crippen LogP contribution >= 0.6 is 0 Å². The molecule has 1 aromatic carbocycles. The van der Waals surface area contributed by atoms with Crippen molar-refractivity contribution in [2.24, 2.45) is 0 Å². The van der Waals surface area contributed by atoms with E-state index in [1.165, 1.54) is 25.5 Å². The number of aldehydes is 1. The molecular weight excluding hydrogens is 340 g/mol. The quantitative estimate of drug-likeness (QED) is 0.565. The summed E-state index contributed by atoms with van der Waals surface area (Å²) in [5, 5.41) is 10.3. The molecule has 7 nitrogen and oxygen atoms in total. The molecule has 0 aliphatic carbocycles. The van der Waals surface area contributed by atoms with Crippen molar-refractivity contribution in [2.75, 3.05) is 7.11 Å². The predicted molar refractivity (Wildman–Crippen MR) is 92.7 cm³/mol. The van der Waals surface area contributed by atoms with Crippen LogP contribution in [0.15, 0.2) is 32.0 Å². The number of hydrogen-bond acceptors (Lipinski definition) is 7. The number of phenols is 1. The van der Waals surface area contributed by atoms with Gasteiger partial charge in [0.25, 0.3) is 0 Å². The fraction of sp³-hybridized carbons (Fsp3) is 0.211. The Morgan fingerprint density at radius 2 is 2.04 bits per heavy atom. The van der Waals surface area contributed by atoms with Gasteiger partial charge in [0.1, 0.15) is 17.8 Å². The first-order valence-corrected chi connectivity index (χ1v) is 7.87. The molecule has 0 saturated heterocycles. The molecule has 0 saturated carbocycles. The fourth-order valence-electron chi connectivity index (χ4n) is 2.86. The Morgan fingerprint density at radius 1 is 1.31 bits per heavy atom. The fourth-order valence-corrected chi connectivity index (χ4v) is 2.86. The zero-order chi connectivity index (χ0) is 19.0. The summed E-state index contributed by atoms with van der Waals surface area (Å²) >= 11 is 0. The van der Waals surface area contributed by atoms with Gasteiger partial charge in [-0.2, -0.15) is 0 Å². The van der Waals surface area contributed by atoms with Crippen molar-refractivity contribution < 1.29 is 28.3 Å². The van der Waals surface area contributed by atoms with E-state index in [1.807, 2.05) is 0 Å². The normalized spacial score (nSPS) is 10.9. The van der Waals surface area contributed by atoms with E-state index in [0.29, 0.717) is 29.6 Å². The number of hydrogen-bond donors (Lipinski definition) is 1. The van der Waals surface area contributed by atoms with Gasteiger partial charge in [-0.25, -0.2) is 4.79 Å². The first-order valence-electron chi connectivity index (χ1n) is 7.87. The highest BCUT2D eigenvalue weighted by Crippen LogP contribution is 2.32. The van der Waals surface area contributed by atoms with Gasteiger partial charge in [-0.3, -0.25) is 9.59 Å². The van der Waals surface area contributed by atoms with Gasteiger partial charge >= 0.3 is 5.97 Å². The van der Waals surface area contributed by atoms with Crippen LogP contribution in [0.25, 0.3) is 22.1 Å². The maximum Gasteiger partial charge on any atom is 0.373 e. The van der Waals surface area contributed by atoms with Gasteiger partial charge in [-0.15, -0.1) is 0 Å². The van der Waals surface area contributed by atoms with E-state index in [1.54, 1.807) is 13.8 Å². The largest absolute Gasteiger partial charge is 0.507 e. The standard InChI is InChI=1S/C19H16O7/c1-4-10-5-12-17(22)14(8-25-18(12)13(7-20)16(10)21)11-6-15(19(23)24-3)26-9(11)2/h5-8,21H,4H2,1-3H3. The van der Waals surface area contributed by atoms with Gasteiger partial charge in [0, 0.05) is 5.56 Å². The molecule has 3 rings (SSSR count). The smallest absolute Gasteiger partial charge is 0.373 e. The van der Waals surface area contributed by atoms with E-state index in [4.69, 9.17) is 8.83 Å². The molecule has 0 radical (unpaired) electrons. The molecule has 3 aromatic rings. The number of aryl methyl sites for hydroxylation is 2. The van der Waals surface area contributed by atoms with Crippen LogP contribution in [0.5, 0.6) is 5.75 Å². The summed E-state index contributed by atoms with van der Waals surface area (Å²) in [6.07, 6.45) is 2.07. The van der Waals surface area contributed by atoms with Gasteiger partial charge in [0.2, 0.25) is 11.2 Å². The molecule has 0 atom stereocenters. The van der Waals surface area contributed by atoms with Gasteiger partial charge < -0.3 is 18.7 Å². The first kappa shape index (κ1) is 17.5. The minimum atomic E-state index is -0.661. The lowest BCUT2D eigenvalue weighted by Crippen LogP contribution is -2.07. The van der Waals surface area contributed by atoms with E-state index in [0.717, 1.165) is 0 Å². The van der Waals surface area contributed by atoms with Gasteiger partial charge in [-0.05, 0) is 31.0 Å². The Labute approximate surface area is 147 Å². The molecule has 0 bridgehead atoms. The lowest BCUT2D eigenvalue weighted by atomic mass is 10.00. The average Bonchev–Trinajstić information content (AvgIpc) is 3.02. The number of aromatic hydroxyl groups is 1. The molecule has 0 aliphatic heterocycles. The van der Waals surface area contributed by atoms with Crippen molar-refractivity contribution in [1.82, 2.24) is 0 Å². The molecule has 0 amide bonds. The first-order chi connectivity index (χ1) is 12.4. The number of fused-ring (bicyclic) bond motifs is 1. The molecule has 0 fully saturated rings. The highest BCUT2D eigenvalue weighted by Gasteiger charge is 2.21. The summed E-state index contributed by atoms with van der Waals surface area (Å²) in [5.41, 5.74) is 0.575. The highest BCUT2D eigenvalue weighted by atomic mass is 16.5. The molecular formula is C19H16O7. The number of ether oxygens (including phenoxy) is 1. The van der Waals surface area contributed by atoms with Crippen LogP contribution in [0, 0.1) is 6.92 Å². The van der Waals surface area contributed by atoms with Crippen molar-refractivity contribution in [3.05, 3.63) is 51.3 Å². The third kappa shape index (κ3) is 2.57. The molecule has 0 unspecified atom stereocenters. The van der Waals surface area contributed by atoms with Crippen LogP contribution < -0.4 is 5.43 Å². The number of rotatable bonds is 4. The summed E-state index contributed by atoms with van der Waals surface area (Å²) in [7, 11) is 1.23. The lowest BCUT2D eigenvalue weighted by molar-refractivity contribution is 0.0563. The zero-order valence-corrected chi connectivity index (χ0v) is 14.4. The predicted octanol–water partition coefficient (Wildman–Crippen LogP) is 3.23. The molecule has 1 N–H and O–H groups in total. The van der Waals surface area contributed by atoms with E-state index < -0.39 is 11.4 Å². The van der Waals surface area contributed by atoms with Crippen molar-refractivity contribution >= 4 is 23.2 Å². The van der Waals surface area contributed by atoms with Crippen molar-refractivity contribution in [3.63, 3.8) is 0 Å². The van der Waals surface area contributed by atoms with Crippen LogP contribution in [0.3, 0.4) is 0 Å². The van der Waals surface area contributed by atoms with Crippen molar-refractivity contribution in [2.45, 2.75) is 20.3 Å². The van der Waals surface area contributed by atoms with Crippen LogP contribution in [-0.4, -0.2) is 24.5 Å². The Morgan fingerprint density at radius 3 is 2.65 bits per heavy atom. The van der Waals surface area contributed by atoms with Crippen LogP contribution in [0.4, 0.5) is 0 Å². The summed E-state index contributed by atoms with van der Waals surface area (Å²) in [6, 6.07) is 2.91. The minimum Gasteiger partial charge on any atom is -0.507 e. The second kappa shape index (κ2) is 6.51. The second-order valence-corrected chi connectivity index (χ2v) is 5.70. The van der Waals surface area contributed by atoms with E-state index in [-0.39, 0.29) is 33.6 Å². The monoisotopic (exact) mass is 356 g/mol. The number of carbonyl (C=O) groups is 2. The minimum absolute atomic E-state index is 0.0118. The Bertz CT molecular complexity index is 1090. The van der Waals surface area contributed by atoms with E-state index in [9.17, 15) is 19.5 Å². The van der Waals surface area contributed by atoms with Crippen LogP contribution in [-0.2, 0) is 11.2 Å². The molecule has 2 aromatic heterocycles. The van der Waals surface area contributed by atoms with Crippen LogP contribution in [0.2, 0.25) is 0 Å². The molecule has 0 spiro atoms. The zero-order valence-electron chi connectivity index (χ0n) is 14.4. The Balaban J connectivity index is 2.30. The maximum atomic E-state index is 13.0. The highest BCUT2D eigenvalue weighted by molar-refractivity contribution is 5.99. The topological polar surface area (TPSA) is 107 Å². The second-order valence-electron chi connectivity index (χ2n) is 5.70. The summed E-state index contributed by atoms with van der Waals surface area (Å²) in [6.45, 7) is 3.40. The molecule has 134 valence electrons. The number of benzene rings is 1. The van der Waals surface area contributed by atoms with Crippen molar-refractivity contribution in [1.29, 1.82) is 0 Å². The lowest BCUT2D eigenvalue weighted by Gasteiger charge is -2.08. The molecule has 7 heteroatoms. The molecule has 0 aliphatic rings. The number of phenolic OH excluding ortho intramolecular Hbond substituents is 1. The average molecular weight is 356 g/mol. The SMILES string of the molecule is CCc1cc2c(=O)c(-c3cc(C(=O)OC)oc3C)coc2c(C=O)c1O. The van der Waals surface area contributed by atoms with Gasteiger partial charge in [0.15, 0.2) is 11.9 Å². The van der Waals surface area contributed by atoms with Gasteiger partial charge in [0.05, 0.1) is 23.6 Å². The maximum absolute atomic E-state index is 13.0. The molecule has 26 heavy (non-hydrogen) atoms. The number of methoxy groups -OCH3 is 1. The number of esters is 1. The van der Waals surface area contributed by atoms with Crippen molar-refractivity contribution in [3.8, 4) is 16.9 Å². The van der Waals surface area contributed by atoms with E-state index in [2.05, 4.69) is 4.74 Å². The van der Waals surface area contributed by atoms with Gasteiger partial charge in [-0.1, -0.05) is 6.92 Å². The Hall–Kier alpha value is -3.35. The summed E-state index contributed by atoms with van der Waals surface area (Å²) in [4.78, 5) is 35.9. The molecule has 2 heterocycles. The van der Waals surface area contributed by atoms with E-state index >= 15 is 0 Å². The summed E-state index contributed by atoms with van der Waals surface area (Å²) in [5.74, 6) is -0.542. The summed E-state index contributed by atoms with van der Waals surface area (Å²) < 4.78 is 15.4. The number of carbonyl (C=O) groups excluding carboxylic acids is 2. The third-order valence-electron chi connectivity index (χ3n) is 4.24. The third-order valence-corrected chi connectivity index (χ3v) is 4.24. The number of furan rings is 1.